The Hall–Kier alpha value is -1.71. The molecule has 1 amide bonds. The third kappa shape index (κ3) is 3.95. The molecule has 0 saturated heterocycles. The summed E-state index contributed by atoms with van der Waals surface area (Å²) in [4.78, 5) is 12.7. The minimum Gasteiger partial charge on any atom is -0.491 e. The highest BCUT2D eigenvalue weighted by molar-refractivity contribution is 5.66. The second-order valence-electron chi connectivity index (χ2n) is 5.30. The lowest BCUT2D eigenvalue weighted by Gasteiger charge is -2.37. The molecule has 1 N–H and O–H groups in total. The Bertz CT molecular complexity index is 384. The molecule has 0 spiro atoms. The molecular formula is C14H21NO3. The Balaban J connectivity index is 2.63. The van der Waals surface area contributed by atoms with Gasteiger partial charge in [0.05, 0.1) is 6.04 Å². The molecule has 0 radical (unpaired) electrons. The molecule has 0 saturated carbocycles. The zero-order chi connectivity index (χ0) is 13.8. The highest BCUT2D eigenvalue weighted by atomic mass is 16.5. The van der Waals surface area contributed by atoms with Crippen molar-refractivity contribution in [2.45, 2.75) is 39.3 Å². The van der Waals surface area contributed by atoms with Crippen LogP contribution in [-0.4, -0.2) is 34.3 Å². The van der Waals surface area contributed by atoms with E-state index in [1.54, 1.807) is 0 Å². The van der Waals surface area contributed by atoms with E-state index >= 15 is 0 Å². The van der Waals surface area contributed by atoms with E-state index in [0.29, 0.717) is 6.61 Å². The van der Waals surface area contributed by atoms with E-state index in [-0.39, 0.29) is 6.04 Å². The number of ether oxygens (including phenoxy) is 1. The topological polar surface area (TPSA) is 49.8 Å². The molecule has 18 heavy (non-hydrogen) atoms. The monoisotopic (exact) mass is 251 g/mol. The highest BCUT2D eigenvalue weighted by Gasteiger charge is 2.30. The lowest BCUT2D eigenvalue weighted by atomic mass is 10.0. The first-order valence-corrected chi connectivity index (χ1v) is 6.02. The van der Waals surface area contributed by atoms with Gasteiger partial charge in [0.25, 0.3) is 0 Å². The number of benzene rings is 1. The average Bonchev–Trinajstić information content (AvgIpc) is 2.25. The molecule has 0 heterocycles. The summed E-state index contributed by atoms with van der Waals surface area (Å²) in [6.45, 7) is 7.82. The maximum atomic E-state index is 11.3. The van der Waals surface area contributed by atoms with E-state index in [1.807, 2.05) is 58.0 Å². The third-order valence-corrected chi connectivity index (χ3v) is 2.60. The molecule has 0 aliphatic carbocycles. The van der Waals surface area contributed by atoms with E-state index in [2.05, 4.69) is 0 Å². The molecule has 1 aromatic carbocycles. The van der Waals surface area contributed by atoms with Crippen LogP contribution in [0.1, 0.15) is 27.7 Å². The van der Waals surface area contributed by atoms with E-state index in [0.717, 1.165) is 5.75 Å². The summed E-state index contributed by atoms with van der Waals surface area (Å²) in [6.07, 6.45) is -0.924. The van der Waals surface area contributed by atoms with Crippen molar-refractivity contribution in [3.8, 4) is 5.75 Å². The normalized spacial score (nSPS) is 12.9. The van der Waals surface area contributed by atoms with Gasteiger partial charge >= 0.3 is 6.09 Å². The third-order valence-electron chi connectivity index (χ3n) is 2.60. The van der Waals surface area contributed by atoms with Crippen molar-refractivity contribution in [2.24, 2.45) is 0 Å². The second-order valence-corrected chi connectivity index (χ2v) is 5.30. The largest absolute Gasteiger partial charge is 0.491 e. The molecule has 0 aromatic heterocycles. The maximum absolute atomic E-state index is 11.3. The van der Waals surface area contributed by atoms with Gasteiger partial charge in [0.2, 0.25) is 0 Å². The van der Waals surface area contributed by atoms with Gasteiger partial charge in [-0.1, -0.05) is 18.2 Å². The number of rotatable bonds is 4. The van der Waals surface area contributed by atoms with Crippen molar-refractivity contribution in [1.29, 1.82) is 0 Å². The van der Waals surface area contributed by atoms with Gasteiger partial charge in [-0.15, -0.1) is 0 Å². The van der Waals surface area contributed by atoms with Crippen molar-refractivity contribution >= 4 is 6.09 Å². The summed E-state index contributed by atoms with van der Waals surface area (Å²) in [5, 5.41) is 9.25. The van der Waals surface area contributed by atoms with Crippen LogP contribution >= 0.6 is 0 Å². The molecule has 4 heteroatoms. The van der Waals surface area contributed by atoms with Crippen molar-refractivity contribution in [3.05, 3.63) is 30.3 Å². The minimum absolute atomic E-state index is 0.206. The summed E-state index contributed by atoms with van der Waals surface area (Å²) in [7, 11) is 0. The van der Waals surface area contributed by atoms with Gasteiger partial charge in [0.15, 0.2) is 0 Å². The lowest BCUT2D eigenvalue weighted by molar-refractivity contribution is 0.0578. The van der Waals surface area contributed by atoms with E-state index in [9.17, 15) is 9.90 Å². The van der Waals surface area contributed by atoms with Crippen LogP contribution < -0.4 is 4.74 Å². The summed E-state index contributed by atoms with van der Waals surface area (Å²) < 4.78 is 5.59. The Morgan fingerprint density at radius 3 is 2.33 bits per heavy atom. The molecular weight excluding hydrogens is 230 g/mol. The quantitative estimate of drug-likeness (QED) is 0.893. The zero-order valence-corrected chi connectivity index (χ0v) is 11.4. The SMILES string of the molecule is C[C@@H](COc1ccccc1)N(C(=O)O)C(C)(C)C. The van der Waals surface area contributed by atoms with Crippen LogP contribution in [0.5, 0.6) is 5.75 Å². The first-order chi connectivity index (χ1) is 8.32. The van der Waals surface area contributed by atoms with Crippen LogP contribution in [-0.2, 0) is 0 Å². The van der Waals surface area contributed by atoms with Gasteiger partial charge in [-0.3, -0.25) is 4.90 Å². The fraction of sp³-hybridized carbons (Fsp3) is 0.500. The number of hydrogen-bond acceptors (Lipinski definition) is 2. The highest BCUT2D eigenvalue weighted by Crippen LogP contribution is 2.18. The molecule has 0 bridgehead atoms. The van der Waals surface area contributed by atoms with Crippen LogP contribution in [0, 0.1) is 0 Å². The van der Waals surface area contributed by atoms with Crippen LogP contribution in [0.15, 0.2) is 30.3 Å². The molecule has 100 valence electrons. The fourth-order valence-corrected chi connectivity index (χ4v) is 1.94. The molecule has 1 atom stereocenters. The first kappa shape index (κ1) is 14.4. The van der Waals surface area contributed by atoms with E-state index in [1.165, 1.54) is 4.90 Å². The van der Waals surface area contributed by atoms with E-state index in [4.69, 9.17) is 4.74 Å². The summed E-state index contributed by atoms with van der Waals surface area (Å²) in [5.74, 6) is 0.753. The Kier molecular flexibility index (Phi) is 4.59. The maximum Gasteiger partial charge on any atom is 0.408 e. The molecule has 0 aliphatic heterocycles. The summed E-state index contributed by atoms with van der Waals surface area (Å²) >= 11 is 0. The van der Waals surface area contributed by atoms with Gasteiger partial charge < -0.3 is 9.84 Å². The molecule has 0 fully saturated rings. The second kappa shape index (κ2) is 5.76. The fourth-order valence-electron chi connectivity index (χ4n) is 1.94. The minimum atomic E-state index is -0.924. The molecule has 1 aromatic rings. The van der Waals surface area contributed by atoms with Crippen molar-refractivity contribution < 1.29 is 14.6 Å². The van der Waals surface area contributed by atoms with Crippen LogP contribution in [0.3, 0.4) is 0 Å². The zero-order valence-electron chi connectivity index (χ0n) is 11.4. The lowest BCUT2D eigenvalue weighted by Crippen LogP contribution is -2.52. The van der Waals surface area contributed by atoms with Crippen LogP contribution in [0.4, 0.5) is 4.79 Å². The number of nitrogens with zero attached hydrogens (tertiary/aromatic N) is 1. The molecule has 0 aliphatic rings. The Labute approximate surface area is 108 Å². The number of hydrogen-bond donors (Lipinski definition) is 1. The van der Waals surface area contributed by atoms with Crippen molar-refractivity contribution in [3.63, 3.8) is 0 Å². The average molecular weight is 251 g/mol. The van der Waals surface area contributed by atoms with Gasteiger partial charge in [-0.25, -0.2) is 4.79 Å². The summed E-state index contributed by atoms with van der Waals surface area (Å²) in [6, 6.07) is 9.19. The standard InChI is InChI=1S/C14H21NO3/c1-11(15(13(16)17)14(2,3)4)10-18-12-8-6-5-7-9-12/h5-9,11H,10H2,1-4H3,(H,16,17)/t11-/m0/s1. The van der Waals surface area contributed by atoms with Gasteiger partial charge in [-0.05, 0) is 39.8 Å². The predicted molar refractivity (Wildman–Crippen MR) is 71.0 cm³/mol. The predicted octanol–water partition coefficient (Wildman–Crippen LogP) is 3.23. The number of carboxylic acid groups (broad SMARTS) is 1. The number of para-hydroxylation sites is 1. The number of carbonyl (C=O) groups is 1. The van der Waals surface area contributed by atoms with Crippen LogP contribution in [0.2, 0.25) is 0 Å². The van der Waals surface area contributed by atoms with Crippen molar-refractivity contribution in [2.75, 3.05) is 6.61 Å². The smallest absolute Gasteiger partial charge is 0.408 e. The Morgan fingerprint density at radius 1 is 1.33 bits per heavy atom. The first-order valence-electron chi connectivity index (χ1n) is 6.02. The number of amides is 1. The van der Waals surface area contributed by atoms with E-state index < -0.39 is 11.6 Å². The van der Waals surface area contributed by atoms with Gasteiger partial charge in [0.1, 0.15) is 12.4 Å². The summed E-state index contributed by atoms with van der Waals surface area (Å²) in [5.41, 5.74) is -0.439. The molecule has 0 unspecified atom stereocenters. The molecule has 1 rings (SSSR count). The molecule has 4 nitrogen and oxygen atoms in total. The van der Waals surface area contributed by atoms with Gasteiger partial charge in [0, 0.05) is 5.54 Å². The van der Waals surface area contributed by atoms with Crippen molar-refractivity contribution in [1.82, 2.24) is 4.90 Å². The Morgan fingerprint density at radius 2 is 1.89 bits per heavy atom. The van der Waals surface area contributed by atoms with Gasteiger partial charge in [-0.2, -0.15) is 0 Å². The van der Waals surface area contributed by atoms with Crippen LogP contribution in [0.25, 0.3) is 0 Å².